The normalized spacial score (nSPS) is 11.2. The van der Waals surface area contributed by atoms with Crippen molar-refractivity contribution in [3.8, 4) is 28.4 Å². The standard InChI is InChI=1S/C30H29ClN2O3.C24H25FN2O3.C23H24FN3O3/c31-28-20-24(12-15-27(28)23-7-2-1-3-8-23)25(21-30(34)35)19-22-10-13-26(14-11-22)36-18-6-17-33-29-9-4-5-16-32-29;25-21-9-7-19(8-10-21)20(17-24(28)29)16-18-5-11-22(12-6-18)30-15-3-14-27-23-4-1-2-13-26-23;24-19-7-9-20(10-8-19)27(17-23(28)29)16-18-5-11-21(12-6-18)30-15-3-14-26-22-4-1-2-13-25-22/h1-5,7-16,20,25H,6,17-19,21H2,(H,32,33)(H,34,35);1-2,4-13,20H,3,14-17H2,(H,26,27)(H,28,29);1-2,4-13H,3,14-17H2,(H,25,26)(H,28,29). The Morgan fingerprint density at radius 1 is 0.448 bits per heavy atom. The van der Waals surface area contributed by atoms with Crippen LogP contribution in [-0.2, 0) is 33.8 Å². The van der Waals surface area contributed by atoms with Crippen LogP contribution in [0.15, 0.2) is 243 Å². The number of hydrogen-bond acceptors (Lipinski definition) is 13. The Balaban J connectivity index is 0.000000185. The van der Waals surface area contributed by atoms with Crippen molar-refractivity contribution < 1.29 is 67.6 Å². The first-order chi connectivity index (χ1) is 46.8. The van der Waals surface area contributed by atoms with E-state index in [0.29, 0.717) is 49.9 Å². The zero-order chi connectivity index (χ0) is 67.5. The van der Waals surface area contributed by atoms with Crippen LogP contribution >= 0.6 is 11.6 Å². The van der Waals surface area contributed by atoms with Gasteiger partial charge in [-0.05, 0) is 168 Å². The molecule has 16 nitrogen and oxygen atoms in total. The number of rotatable bonds is 34. The Bertz CT molecular complexity index is 3740. The van der Waals surface area contributed by atoms with Crippen molar-refractivity contribution in [2.45, 2.75) is 63.3 Å². The highest BCUT2D eigenvalue weighted by molar-refractivity contribution is 6.33. The van der Waals surface area contributed by atoms with Gasteiger partial charge in [-0.15, -0.1) is 0 Å². The number of ether oxygens (including phenoxy) is 3. The van der Waals surface area contributed by atoms with Gasteiger partial charge in [0.2, 0.25) is 0 Å². The van der Waals surface area contributed by atoms with Crippen molar-refractivity contribution in [2.24, 2.45) is 0 Å². The number of aromatic nitrogens is 3. The van der Waals surface area contributed by atoms with Crippen LogP contribution < -0.4 is 65.3 Å². The number of carboxylic acid groups (broad SMARTS) is 3. The fourth-order valence-corrected chi connectivity index (χ4v) is 10.6. The summed E-state index contributed by atoms with van der Waals surface area (Å²) in [6.07, 6.45) is 9.06. The van der Waals surface area contributed by atoms with Crippen molar-refractivity contribution in [3.05, 3.63) is 288 Å². The topological polar surface area (TPSA) is 230 Å². The Morgan fingerprint density at radius 3 is 1.24 bits per heavy atom. The van der Waals surface area contributed by atoms with Crippen LogP contribution in [0.5, 0.6) is 17.2 Å². The number of anilines is 4. The van der Waals surface area contributed by atoms with Gasteiger partial charge in [0.1, 0.15) is 28.9 Å². The molecule has 0 aliphatic rings. The van der Waals surface area contributed by atoms with E-state index >= 15 is 0 Å². The lowest BCUT2D eigenvalue weighted by Gasteiger charge is -2.25. The largest absolute Gasteiger partial charge is 0.550 e. The second-order valence-corrected chi connectivity index (χ2v) is 22.9. The molecule has 0 saturated heterocycles. The molecule has 10 aromatic rings. The number of benzene rings is 7. The molecule has 3 heterocycles. The van der Waals surface area contributed by atoms with Crippen molar-refractivity contribution in [2.75, 3.05) is 66.8 Å². The van der Waals surface area contributed by atoms with Crippen LogP contribution in [0, 0.1) is 11.6 Å². The van der Waals surface area contributed by atoms with Crippen LogP contribution in [0.1, 0.15) is 71.8 Å². The third-order valence-corrected chi connectivity index (χ3v) is 15.5. The number of carboxylic acids is 3. The van der Waals surface area contributed by atoms with E-state index in [1.165, 1.54) is 24.3 Å². The van der Waals surface area contributed by atoms with E-state index in [2.05, 4.69) is 30.9 Å². The van der Waals surface area contributed by atoms with E-state index in [1.54, 1.807) is 29.2 Å². The average Bonchev–Trinajstić information content (AvgIpc) is 0.861. The summed E-state index contributed by atoms with van der Waals surface area (Å²) >= 11 is 6.59. The van der Waals surface area contributed by atoms with Crippen LogP contribution in [0.2, 0.25) is 5.02 Å². The second-order valence-electron chi connectivity index (χ2n) is 22.5. The molecule has 6 N–H and O–H groups in total. The molecule has 0 aliphatic carbocycles. The van der Waals surface area contributed by atoms with Gasteiger partial charge in [-0.25, -0.2) is 23.7 Å². The minimum absolute atomic E-state index is 0.0783. The molecule has 0 radical (unpaired) electrons. The van der Waals surface area contributed by atoms with Gasteiger partial charge in [-0.1, -0.05) is 121 Å². The molecule has 0 saturated carbocycles. The van der Waals surface area contributed by atoms with Gasteiger partial charge in [-0.2, -0.15) is 0 Å². The average molecular weight is 1320 g/mol. The summed E-state index contributed by atoms with van der Waals surface area (Å²) in [5.41, 5.74) is 7.15. The SMILES string of the molecule is O=C([O-])CC(Cc1ccc(OCCCNc2cccc[nH+]2)cc1)c1ccc(-c2ccccc2)c(Cl)c1.O=C([O-])CC(Cc1ccc(OCCCNc2cccc[nH+]2)cc1)c1ccc(F)cc1.O=C([O-])CN(Cc1ccc(OCCCNc2cccc[nH+]2)cc1)c1ccc(F)cc1. The zero-order valence-corrected chi connectivity index (χ0v) is 53.9. The molecule has 0 amide bonds. The maximum atomic E-state index is 13.2. The molecular weight excluding hydrogens is 1240 g/mol. The van der Waals surface area contributed by atoms with Crippen molar-refractivity contribution in [3.63, 3.8) is 0 Å². The summed E-state index contributed by atoms with van der Waals surface area (Å²) in [5.74, 6) is 0.584. The summed E-state index contributed by atoms with van der Waals surface area (Å²) < 4.78 is 43.7. The van der Waals surface area contributed by atoms with Crippen molar-refractivity contribution >= 4 is 52.6 Å². The van der Waals surface area contributed by atoms with Crippen LogP contribution in [0.25, 0.3) is 11.1 Å². The molecule has 10 rings (SSSR count). The molecule has 0 fully saturated rings. The van der Waals surface area contributed by atoms with Crippen LogP contribution in [-0.4, -0.2) is 63.9 Å². The maximum Gasteiger partial charge on any atom is 0.272 e. The predicted molar refractivity (Wildman–Crippen MR) is 362 cm³/mol. The summed E-state index contributed by atoms with van der Waals surface area (Å²) in [7, 11) is 0. The molecule has 19 heteroatoms. The third-order valence-electron chi connectivity index (χ3n) is 15.2. The lowest BCUT2D eigenvalue weighted by atomic mass is 9.88. The molecule has 0 spiro atoms. The van der Waals surface area contributed by atoms with Crippen molar-refractivity contribution in [1.82, 2.24) is 0 Å². The minimum atomic E-state index is -1.19. The number of halogens is 3. The van der Waals surface area contributed by atoms with Gasteiger partial charge in [0.15, 0.2) is 0 Å². The number of carbonyl (C=O) groups is 3. The fraction of sp³-hybridized carbons (Fsp3) is 0.221. The van der Waals surface area contributed by atoms with Crippen molar-refractivity contribution in [1.29, 1.82) is 0 Å². The second kappa shape index (κ2) is 39.0. The zero-order valence-electron chi connectivity index (χ0n) is 53.1. The summed E-state index contributed by atoms with van der Waals surface area (Å²) in [5, 5.41) is 44.2. The summed E-state index contributed by atoms with van der Waals surface area (Å²) in [4.78, 5) is 44.7. The molecule has 96 heavy (non-hydrogen) atoms. The van der Waals surface area contributed by atoms with Gasteiger partial charge in [0.25, 0.3) is 17.5 Å². The quantitative estimate of drug-likeness (QED) is 0.0319. The van der Waals surface area contributed by atoms with Gasteiger partial charge < -0.3 is 48.8 Å². The Labute approximate surface area is 563 Å². The van der Waals surface area contributed by atoms with E-state index in [0.717, 1.165) is 113 Å². The molecule has 2 atom stereocenters. The van der Waals surface area contributed by atoms with E-state index in [1.807, 2.05) is 195 Å². The summed E-state index contributed by atoms with van der Waals surface area (Å²) in [6, 6.07) is 67.9. The molecule has 2 unspecified atom stereocenters. The van der Waals surface area contributed by atoms with E-state index in [9.17, 15) is 38.5 Å². The van der Waals surface area contributed by atoms with Gasteiger partial charge >= 0.3 is 0 Å². The first-order valence-electron chi connectivity index (χ1n) is 31.8. The number of aromatic amines is 3. The first kappa shape index (κ1) is 71.0. The summed E-state index contributed by atoms with van der Waals surface area (Å²) in [6.45, 7) is 4.21. The Hall–Kier alpha value is -10.9. The highest BCUT2D eigenvalue weighted by Gasteiger charge is 2.18. The Kier molecular flexibility index (Phi) is 28.8. The lowest BCUT2D eigenvalue weighted by molar-refractivity contribution is -0.361. The number of nitrogens with one attached hydrogen (secondary N) is 6. The number of aliphatic carboxylic acids is 3. The Morgan fingerprint density at radius 2 is 0.844 bits per heavy atom. The number of nitrogens with zero attached hydrogens (tertiary/aromatic N) is 1. The van der Waals surface area contributed by atoms with Gasteiger partial charge in [-0.3, -0.25) is 16.0 Å². The van der Waals surface area contributed by atoms with E-state index in [-0.39, 0.29) is 42.9 Å². The molecule has 496 valence electrons. The molecule has 7 aromatic carbocycles. The number of pyridine rings is 3. The third kappa shape index (κ3) is 25.6. The van der Waals surface area contributed by atoms with Crippen LogP contribution in [0.4, 0.5) is 31.9 Å². The molecule has 0 bridgehead atoms. The monoisotopic (exact) mass is 1320 g/mol. The number of hydrogen-bond donors (Lipinski definition) is 3. The fourth-order valence-electron chi connectivity index (χ4n) is 10.3. The smallest absolute Gasteiger partial charge is 0.272 e. The number of carbonyl (C=O) groups excluding carboxylic acids is 3. The highest BCUT2D eigenvalue weighted by atomic mass is 35.5. The maximum absolute atomic E-state index is 13.2. The minimum Gasteiger partial charge on any atom is -0.550 e. The number of H-pyrrole nitrogens is 3. The molecule has 3 aromatic heterocycles. The van der Waals surface area contributed by atoms with Crippen LogP contribution in [0.3, 0.4) is 0 Å². The predicted octanol–water partition coefficient (Wildman–Crippen LogP) is 10.4. The van der Waals surface area contributed by atoms with Gasteiger partial charge in [0, 0.05) is 72.2 Å². The van der Waals surface area contributed by atoms with Gasteiger partial charge in [0.05, 0.1) is 70.6 Å². The highest BCUT2D eigenvalue weighted by Crippen LogP contribution is 2.34. The first-order valence-corrected chi connectivity index (χ1v) is 32.1. The van der Waals surface area contributed by atoms with E-state index in [4.69, 9.17) is 25.8 Å². The molecule has 0 aliphatic heterocycles. The van der Waals surface area contributed by atoms with E-state index < -0.39 is 17.9 Å². The lowest BCUT2D eigenvalue weighted by Crippen LogP contribution is -2.37. The molecular formula is C77H78ClF2N7O9.